The van der Waals surface area contributed by atoms with E-state index in [1.807, 2.05) is 67.5 Å². The van der Waals surface area contributed by atoms with E-state index in [0.29, 0.717) is 5.56 Å². The summed E-state index contributed by atoms with van der Waals surface area (Å²) in [5.41, 5.74) is 3.82. The van der Waals surface area contributed by atoms with Crippen molar-refractivity contribution in [3.63, 3.8) is 0 Å². The molecule has 0 atom stereocenters. The monoisotopic (exact) mass is 283 g/mol. The molecule has 0 saturated carbocycles. The second kappa shape index (κ2) is 6.56. The van der Waals surface area contributed by atoms with Crippen molar-refractivity contribution in [3.8, 4) is 11.1 Å². The summed E-state index contributed by atoms with van der Waals surface area (Å²) in [4.78, 5) is 1.94. The zero-order valence-electron chi connectivity index (χ0n) is 11.9. The fourth-order valence-electron chi connectivity index (χ4n) is 2.29. The summed E-state index contributed by atoms with van der Waals surface area (Å²) in [6.45, 7) is 0. The average molecular weight is 283 g/mol. The number of para-hydroxylation sites is 1. The molecule has 0 bridgehead atoms. The maximum atomic E-state index is 9.15. The molecule has 21 heavy (non-hydrogen) atoms. The van der Waals surface area contributed by atoms with Crippen molar-refractivity contribution in [1.82, 2.24) is 0 Å². The Bertz CT molecular complexity index is 664. The topological polar surface area (TPSA) is 68.4 Å². The van der Waals surface area contributed by atoms with Crippen LogP contribution in [0.4, 0.5) is 5.69 Å². The highest BCUT2D eigenvalue weighted by Gasteiger charge is 2.15. The zero-order valence-corrected chi connectivity index (χ0v) is 11.9. The lowest BCUT2D eigenvalue weighted by atomic mass is 9.97. The van der Waals surface area contributed by atoms with Crippen molar-refractivity contribution in [1.29, 1.82) is 0 Å². The van der Waals surface area contributed by atoms with Gasteiger partial charge in [0.2, 0.25) is 0 Å². The van der Waals surface area contributed by atoms with Gasteiger partial charge in [-0.2, -0.15) is 0 Å². The van der Waals surface area contributed by atoms with E-state index in [0.717, 1.165) is 23.0 Å². The number of nitrogens with zero attached hydrogens (tertiary/aromatic N) is 3. The number of hydrogen-bond donors (Lipinski definition) is 2. The third kappa shape index (κ3) is 3.02. The van der Waals surface area contributed by atoms with Gasteiger partial charge in [0.05, 0.1) is 11.9 Å². The molecule has 0 fully saturated rings. The predicted octanol–water partition coefficient (Wildman–Crippen LogP) is 3.06. The van der Waals surface area contributed by atoms with Crippen molar-refractivity contribution >= 4 is 17.6 Å². The van der Waals surface area contributed by atoms with Gasteiger partial charge >= 0.3 is 0 Å². The Kier molecular flexibility index (Phi) is 4.56. The number of anilines is 1. The van der Waals surface area contributed by atoms with E-state index in [4.69, 9.17) is 10.4 Å². The molecule has 0 aliphatic heterocycles. The largest absolute Gasteiger partial charge is 0.411 e. The summed E-state index contributed by atoms with van der Waals surface area (Å²) >= 11 is 0. The summed E-state index contributed by atoms with van der Waals surface area (Å²) in [5, 5.41) is 24.0. The molecule has 0 spiro atoms. The van der Waals surface area contributed by atoms with E-state index >= 15 is 0 Å². The number of rotatable bonds is 4. The summed E-state index contributed by atoms with van der Waals surface area (Å²) in [7, 11) is 3.83. The van der Waals surface area contributed by atoms with E-state index < -0.39 is 0 Å². The highest BCUT2D eigenvalue weighted by molar-refractivity contribution is 6.39. The van der Waals surface area contributed by atoms with Crippen molar-refractivity contribution < 1.29 is 10.4 Å². The summed E-state index contributed by atoms with van der Waals surface area (Å²) in [6.07, 6.45) is 1.11. The third-order valence-corrected chi connectivity index (χ3v) is 3.13. The molecule has 0 aliphatic rings. The maximum absolute atomic E-state index is 9.15. The van der Waals surface area contributed by atoms with Gasteiger partial charge in [-0.3, -0.25) is 0 Å². The Morgan fingerprint density at radius 2 is 1.71 bits per heavy atom. The van der Waals surface area contributed by atoms with E-state index in [2.05, 4.69) is 10.3 Å². The van der Waals surface area contributed by atoms with Crippen molar-refractivity contribution in [3.05, 3.63) is 54.1 Å². The Morgan fingerprint density at radius 3 is 2.29 bits per heavy atom. The quantitative estimate of drug-likeness (QED) is 0.515. The fourth-order valence-corrected chi connectivity index (χ4v) is 2.29. The lowest BCUT2D eigenvalue weighted by molar-refractivity contribution is 0.316. The fraction of sp³-hybridized carbons (Fsp3) is 0.125. The number of oxime groups is 2. The van der Waals surface area contributed by atoms with Crippen LogP contribution in [-0.4, -0.2) is 36.4 Å². The number of hydrogen-bond acceptors (Lipinski definition) is 5. The van der Waals surface area contributed by atoms with Gasteiger partial charge in [0, 0.05) is 25.2 Å². The Balaban J connectivity index is 2.69. The summed E-state index contributed by atoms with van der Waals surface area (Å²) in [5.74, 6) is 0. The van der Waals surface area contributed by atoms with Crippen LogP contribution in [0.5, 0.6) is 0 Å². The molecule has 2 N–H and O–H groups in total. The van der Waals surface area contributed by atoms with E-state index in [-0.39, 0.29) is 5.71 Å². The molecule has 108 valence electrons. The highest BCUT2D eigenvalue weighted by Crippen LogP contribution is 2.33. The number of benzene rings is 2. The lowest BCUT2D eigenvalue weighted by Crippen LogP contribution is -2.16. The Labute approximate surface area is 123 Å². The van der Waals surface area contributed by atoms with Crippen LogP contribution in [0, 0.1) is 0 Å². The molecule has 5 heteroatoms. The Morgan fingerprint density at radius 1 is 1.00 bits per heavy atom. The van der Waals surface area contributed by atoms with Crippen LogP contribution in [0.25, 0.3) is 11.1 Å². The minimum absolute atomic E-state index is 0.194. The SMILES string of the molecule is CN(C)c1c(C(/C=N/O)=N/O)cccc1-c1ccccc1. The molecule has 0 unspecified atom stereocenters. The maximum Gasteiger partial charge on any atom is 0.133 e. The lowest BCUT2D eigenvalue weighted by Gasteiger charge is -2.21. The van der Waals surface area contributed by atoms with Gasteiger partial charge in [0.15, 0.2) is 0 Å². The zero-order chi connectivity index (χ0) is 15.2. The van der Waals surface area contributed by atoms with E-state index in [1.54, 1.807) is 0 Å². The van der Waals surface area contributed by atoms with Crippen LogP contribution in [0.1, 0.15) is 5.56 Å². The second-order valence-electron chi connectivity index (χ2n) is 4.69. The van der Waals surface area contributed by atoms with Crippen LogP contribution in [-0.2, 0) is 0 Å². The van der Waals surface area contributed by atoms with Gasteiger partial charge in [0.1, 0.15) is 5.71 Å². The van der Waals surface area contributed by atoms with Crippen molar-refractivity contribution in [2.75, 3.05) is 19.0 Å². The molecule has 2 aromatic rings. The molecule has 5 nitrogen and oxygen atoms in total. The Hall–Kier alpha value is -2.82. The first-order valence-corrected chi connectivity index (χ1v) is 6.44. The average Bonchev–Trinajstić information content (AvgIpc) is 2.52. The summed E-state index contributed by atoms with van der Waals surface area (Å²) < 4.78 is 0. The van der Waals surface area contributed by atoms with Crippen LogP contribution >= 0.6 is 0 Å². The molecule has 0 aromatic heterocycles. The van der Waals surface area contributed by atoms with Crippen LogP contribution in [0.15, 0.2) is 58.8 Å². The molecule has 0 aliphatic carbocycles. The normalized spacial score (nSPS) is 11.8. The first-order valence-electron chi connectivity index (χ1n) is 6.44. The molecular weight excluding hydrogens is 266 g/mol. The molecular formula is C16H17N3O2. The molecule has 0 saturated heterocycles. The molecule has 0 heterocycles. The van der Waals surface area contributed by atoms with Crippen molar-refractivity contribution in [2.45, 2.75) is 0 Å². The van der Waals surface area contributed by atoms with E-state index in [9.17, 15) is 0 Å². The second-order valence-corrected chi connectivity index (χ2v) is 4.69. The highest BCUT2D eigenvalue weighted by atomic mass is 16.4. The molecule has 2 rings (SSSR count). The van der Waals surface area contributed by atoms with E-state index in [1.165, 1.54) is 0 Å². The molecule has 0 amide bonds. The van der Waals surface area contributed by atoms with Gasteiger partial charge < -0.3 is 15.3 Å². The molecule has 2 aromatic carbocycles. The van der Waals surface area contributed by atoms with Gasteiger partial charge in [-0.15, -0.1) is 0 Å². The standard InChI is InChI=1S/C16H17N3O2/c1-19(2)16-13(12-7-4-3-5-8-12)9-6-10-14(16)15(18-21)11-17-20/h3-11,20-21H,1-2H3/b17-11+,18-15+. The van der Waals surface area contributed by atoms with Gasteiger partial charge in [-0.05, 0) is 5.56 Å². The first kappa shape index (κ1) is 14.6. The van der Waals surface area contributed by atoms with Gasteiger partial charge in [-0.25, -0.2) is 0 Å². The van der Waals surface area contributed by atoms with Gasteiger partial charge in [-0.1, -0.05) is 58.8 Å². The van der Waals surface area contributed by atoms with Crippen LogP contribution < -0.4 is 4.90 Å². The smallest absolute Gasteiger partial charge is 0.133 e. The van der Waals surface area contributed by atoms with Gasteiger partial charge in [0.25, 0.3) is 0 Å². The third-order valence-electron chi connectivity index (χ3n) is 3.13. The first-order chi connectivity index (χ1) is 10.2. The summed E-state index contributed by atoms with van der Waals surface area (Å²) in [6, 6.07) is 15.6. The minimum atomic E-state index is 0.194. The predicted molar refractivity (Wildman–Crippen MR) is 84.8 cm³/mol. The minimum Gasteiger partial charge on any atom is -0.411 e. The van der Waals surface area contributed by atoms with Crippen LogP contribution in [0.3, 0.4) is 0 Å². The van der Waals surface area contributed by atoms with Crippen LogP contribution in [0.2, 0.25) is 0 Å². The molecule has 0 radical (unpaired) electrons. The van der Waals surface area contributed by atoms with Crippen molar-refractivity contribution in [2.24, 2.45) is 10.3 Å².